The lowest BCUT2D eigenvalue weighted by atomic mass is 9.47. The quantitative estimate of drug-likeness (QED) is 0.626. The van der Waals surface area contributed by atoms with Crippen molar-refractivity contribution < 1.29 is 0 Å². The van der Waals surface area contributed by atoms with Crippen molar-refractivity contribution in [1.29, 1.82) is 0 Å². The SMILES string of the molecule is C[C@H]1N=C(c2ccccc2)C(c2ccccc2)=N[C@H]1C12CC3CC(CC(C3)C1)C2. The van der Waals surface area contributed by atoms with Gasteiger partial charge in [0.25, 0.3) is 0 Å². The van der Waals surface area contributed by atoms with Gasteiger partial charge in [-0.3, -0.25) is 9.98 Å². The molecule has 1 aliphatic heterocycles. The van der Waals surface area contributed by atoms with Crippen LogP contribution in [-0.2, 0) is 0 Å². The molecule has 0 aromatic heterocycles. The summed E-state index contributed by atoms with van der Waals surface area (Å²) in [5.41, 5.74) is 4.96. The summed E-state index contributed by atoms with van der Waals surface area (Å²) in [4.78, 5) is 10.9. The number of benzene rings is 2. The second-order valence-electron chi connectivity index (χ2n) is 10.2. The van der Waals surface area contributed by atoms with Crippen LogP contribution in [0.3, 0.4) is 0 Å². The summed E-state index contributed by atoms with van der Waals surface area (Å²) >= 11 is 0. The van der Waals surface area contributed by atoms with E-state index in [0.29, 0.717) is 11.5 Å². The van der Waals surface area contributed by atoms with Gasteiger partial charge in [0.05, 0.1) is 23.5 Å². The molecule has 4 aliphatic carbocycles. The van der Waals surface area contributed by atoms with E-state index in [-0.39, 0.29) is 6.04 Å². The standard InChI is InChI=1S/C27H30N2/c1-18-26(27-15-19-12-20(16-27)14-21(13-19)17-27)29-25(23-10-6-3-7-11-23)24(28-18)22-8-4-2-5-9-22/h2-11,18-21,26H,12-17H2,1H3/t18-,19?,20?,21?,26-,27?/m1/s1. The highest BCUT2D eigenvalue weighted by molar-refractivity contribution is 6.53. The van der Waals surface area contributed by atoms with Crippen LogP contribution in [0.25, 0.3) is 0 Å². The molecule has 4 fully saturated rings. The third-order valence-corrected chi connectivity index (χ3v) is 8.09. The Kier molecular flexibility index (Phi) is 4.04. The smallest absolute Gasteiger partial charge is 0.0909 e. The van der Waals surface area contributed by atoms with E-state index in [1.54, 1.807) is 0 Å². The molecular formula is C27H30N2. The van der Waals surface area contributed by atoms with Crippen LogP contribution in [0, 0.1) is 23.2 Å². The van der Waals surface area contributed by atoms with Gasteiger partial charge in [-0.05, 0) is 68.6 Å². The van der Waals surface area contributed by atoms with Crippen molar-refractivity contribution in [2.24, 2.45) is 33.2 Å². The van der Waals surface area contributed by atoms with Crippen molar-refractivity contribution in [1.82, 2.24) is 0 Å². The Hall–Kier alpha value is -2.22. The topological polar surface area (TPSA) is 24.7 Å². The van der Waals surface area contributed by atoms with Crippen molar-refractivity contribution in [2.45, 2.75) is 57.5 Å². The van der Waals surface area contributed by atoms with Crippen molar-refractivity contribution in [3.05, 3.63) is 71.8 Å². The van der Waals surface area contributed by atoms with Gasteiger partial charge >= 0.3 is 0 Å². The number of hydrogen-bond acceptors (Lipinski definition) is 2. The first-order chi connectivity index (χ1) is 14.2. The molecule has 2 heteroatoms. The Labute approximate surface area is 174 Å². The molecule has 5 aliphatic rings. The maximum atomic E-state index is 5.57. The largest absolute Gasteiger partial charge is 0.277 e. The Morgan fingerprint density at radius 1 is 0.655 bits per heavy atom. The monoisotopic (exact) mass is 382 g/mol. The summed E-state index contributed by atoms with van der Waals surface area (Å²) in [5.74, 6) is 2.84. The minimum atomic E-state index is 0.258. The summed E-state index contributed by atoms with van der Waals surface area (Å²) in [6.07, 6.45) is 8.59. The highest BCUT2D eigenvalue weighted by Gasteiger charge is 2.56. The molecule has 0 unspecified atom stereocenters. The second kappa shape index (κ2) is 6.65. The van der Waals surface area contributed by atoms with Crippen LogP contribution in [0.2, 0.25) is 0 Å². The van der Waals surface area contributed by atoms with Crippen LogP contribution in [0.1, 0.15) is 56.6 Å². The number of hydrogen-bond donors (Lipinski definition) is 0. The van der Waals surface area contributed by atoms with Crippen LogP contribution < -0.4 is 0 Å². The number of rotatable bonds is 3. The first-order valence-electron chi connectivity index (χ1n) is 11.5. The van der Waals surface area contributed by atoms with Gasteiger partial charge < -0.3 is 0 Å². The van der Waals surface area contributed by atoms with E-state index in [2.05, 4.69) is 67.6 Å². The molecule has 2 aromatic rings. The Bertz CT molecular complexity index is 921. The summed E-state index contributed by atoms with van der Waals surface area (Å²) in [5, 5.41) is 0. The van der Waals surface area contributed by atoms with Gasteiger partial charge in [0.15, 0.2) is 0 Å². The maximum Gasteiger partial charge on any atom is 0.0909 e. The average molecular weight is 383 g/mol. The van der Waals surface area contributed by atoms with Crippen LogP contribution in [0.5, 0.6) is 0 Å². The Morgan fingerprint density at radius 3 is 1.59 bits per heavy atom. The Balaban J connectivity index is 1.45. The minimum Gasteiger partial charge on any atom is -0.277 e. The molecule has 4 saturated carbocycles. The van der Waals surface area contributed by atoms with E-state index in [9.17, 15) is 0 Å². The van der Waals surface area contributed by atoms with Crippen LogP contribution in [-0.4, -0.2) is 23.5 Å². The molecule has 29 heavy (non-hydrogen) atoms. The minimum absolute atomic E-state index is 0.258. The normalized spacial score (nSPS) is 37.9. The van der Waals surface area contributed by atoms with Gasteiger partial charge in [0.1, 0.15) is 0 Å². The van der Waals surface area contributed by atoms with E-state index in [1.807, 2.05) is 0 Å². The number of nitrogens with zero attached hydrogens (tertiary/aromatic N) is 2. The molecule has 2 nitrogen and oxygen atoms in total. The number of aliphatic imine (C=N–C) groups is 2. The molecule has 7 rings (SSSR count). The predicted octanol–water partition coefficient (Wildman–Crippen LogP) is 5.95. The summed E-state index contributed by atoms with van der Waals surface area (Å²) in [7, 11) is 0. The lowest BCUT2D eigenvalue weighted by Gasteiger charge is -2.59. The van der Waals surface area contributed by atoms with E-state index >= 15 is 0 Å². The fourth-order valence-electron chi connectivity index (χ4n) is 7.45. The summed E-state index contributed by atoms with van der Waals surface area (Å²) in [6.45, 7) is 2.32. The van der Waals surface area contributed by atoms with Gasteiger partial charge in [-0.25, -0.2) is 0 Å². The molecule has 1 heterocycles. The molecule has 2 aromatic carbocycles. The Morgan fingerprint density at radius 2 is 1.10 bits per heavy atom. The van der Waals surface area contributed by atoms with Crippen molar-refractivity contribution >= 4 is 11.4 Å². The fourth-order valence-corrected chi connectivity index (χ4v) is 7.45. The maximum absolute atomic E-state index is 5.57. The summed E-state index contributed by atoms with van der Waals surface area (Å²) in [6, 6.07) is 22.0. The zero-order chi connectivity index (χ0) is 19.4. The first kappa shape index (κ1) is 17.6. The van der Waals surface area contributed by atoms with Crippen LogP contribution in [0.4, 0.5) is 0 Å². The molecule has 0 radical (unpaired) electrons. The molecule has 2 atom stereocenters. The molecule has 0 amide bonds. The zero-order valence-electron chi connectivity index (χ0n) is 17.3. The lowest BCUT2D eigenvalue weighted by Crippen LogP contribution is -2.55. The van der Waals surface area contributed by atoms with Gasteiger partial charge in [0.2, 0.25) is 0 Å². The highest BCUT2D eigenvalue weighted by Crippen LogP contribution is 2.62. The van der Waals surface area contributed by atoms with Crippen molar-refractivity contribution in [3.63, 3.8) is 0 Å². The zero-order valence-corrected chi connectivity index (χ0v) is 17.3. The average Bonchev–Trinajstić information content (AvgIpc) is 2.74. The van der Waals surface area contributed by atoms with Gasteiger partial charge in [-0.1, -0.05) is 60.7 Å². The van der Waals surface area contributed by atoms with E-state index < -0.39 is 0 Å². The third-order valence-electron chi connectivity index (χ3n) is 8.09. The third kappa shape index (κ3) is 2.91. The van der Waals surface area contributed by atoms with E-state index in [4.69, 9.17) is 9.98 Å². The second-order valence-corrected chi connectivity index (χ2v) is 10.2. The summed E-state index contributed by atoms with van der Waals surface area (Å²) < 4.78 is 0. The lowest BCUT2D eigenvalue weighted by molar-refractivity contribution is -0.0694. The van der Waals surface area contributed by atoms with E-state index in [1.165, 1.54) is 49.7 Å². The molecular weight excluding hydrogens is 352 g/mol. The van der Waals surface area contributed by atoms with E-state index in [0.717, 1.165) is 29.2 Å². The predicted molar refractivity (Wildman–Crippen MR) is 120 cm³/mol. The molecule has 4 bridgehead atoms. The first-order valence-corrected chi connectivity index (χ1v) is 11.5. The van der Waals surface area contributed by atoms with Crippen molar-refractivity contribution in [3.8, 4) is 0 Å². The van der Waals surface area contributed by atoms with Gasteiger partial charge in [-0.15, -0.1) is 0 Å². The van der Waals surface area contributed by atoms with Crippen LogP contribution >= 0.6 is 0 Å². The molecule has 0 spiro atoms. The van der Waals surface area contributed by atoms with Gasteiger partial charge in [-0.2, -0.15) is 0 Å². The highest BCUT2D eigenvalue weighted by atomic mass is 15.0. The fraction of sp³-hybridized carbons (Fsp3) is 0.481. The van der Waals surface area contributed by atoms with Gasteiger partial charge in [0, 0.05) is 11.1 Å². The van der Waals surface area contributed by atoms with Crippen LogP contribution in [0.15, 0.2) is 70.6 Å². The van der Waals surface area contributed by atoms with Crippen molar-refractivity contribution in [2.75, 3.05) is 0 Å². The molecule has 0 saturated heterocycles. The molecule has 148 valence electrons. The molecule has 0 N–H and O–H groups in total.